The lowest BCUT2D eigenvalue weighted by molar-refractivity contribution is -0.121. The number of carbonyl (C=O) groups is 1. The first-order chi connectivity index (χ1) is 8.81. The summed E-state index contributed by atoms with van der Waals surface area (Å²) >= 11 is 1.67. The highest BCUT2D eigenvalue weighted by atomic mass is 32.1. The minimum absolute atomic E-state index is 0.177. The molecule has 3 nitrogen and oxygen atoms in total. The molecule has 0 unspecified atom stereocenters. The number of carbonyl (C=O) groups excluding carboxylic acids is 1. The lowest BCUT2D eigenvalue weighted by atomic mass is 10.2. The molecular formula is C14H15NO2S. The van der Waals surface area contributed by atoms with E-state index >= 15 is 0 Å². The Morgan fingerprint density at radius 2 is 2.33 bits per heavy atom. The predicted molar refractivity (Wildman–Crippen MR) is 71.2 cm³/mol. The van der Waals surface area contributed by atoms with Gasteiger partial charge in [-0.25, -0.2) is 0 Å². The fourth-order valence-corrected chi connectivity index (χ4v) is 2.73. The Hall–Kier alpha value is -1.55. The zero-order valence-electron chi connectivity index (χ0n) is 10.0. The molecular weight excluding hydrogens is 246 g/mol. The zero-order valence-corrected chi connectivity index (χ0v) is 10.8. The van der Waals surface area contributed by atoms with E-state index in [0.717, 1.165) is 11.1 Å². The predicted octanol–water partition coefficient (Wildman–Crippen LogP) is 3.42. The minimum Gasteiger partial charge on any atom is -0.472 e. The van der Waals surface area contributed by atoms with Crippen LogP contribution in [0.1, 0.15) is 24.1 Å². The van der Waals surface area contributed by atoms with Crippen LogP contribution in [0, 0.1) is 5.92 Å². The molecule has 18 heavy (non-hydrogen) atoms. The molecule has 4 heteroatoms. The highest BCUT2D eigenvalue weighted by Crippen LogP contribution is 2.32. The summed E-state index contributed by atoms with van der Waals surface area (Å²) in [5.74, 6) is 0.825. The van der Waals surface area contributed by atoms with Crippen LogP contribution in [0.3, 0.4) is 0 Å². The monoisotopic (exact) mass is 261 g/mol. The highest BCUT2D eigenvalue weighted by Gasteiger charge is 2.24. The maximum atomic E-state index is 11.6. The van der Waals surface area contributed by atoms with E-state index in [1.165, 1.54) is 17.7 Å². The molecule has 1 aliphatic carbocycles. The summed E-state index contributed by atoms with van der Waals surface area (Å²) in [6, 6.07) is 4.05. The molecule has 0 radical (unpaired) electrons. The summed E-state index contributed by atoms with van der Waals surface area (Å²) in [5.41, 5.74) is 2.24. The molecule has 2 aromatic heterocycles. The number of hydrogen-bond donors (Lipinski definition) is 1. The zero-order chi connectivity index (χ0) is 12.4. The van der Waals surface area contributed by atoms with Crippen molar-refractivity contribution < 1.29 is 9.21 Å². The molecule has 2 heterocycles. The van der Waals surface area contributed by atoms with Crippen molar-refractivity contribution in [1.29, 1.82) is 0 Å². The van der Waals surface area contributed by atoms with Crippen molar-refractivity contribution in [3.8, 4) is 11.1 Å². The van der Waals surface area contributed by atoms with E-state index < -0.39 is 0 Å². The highest BCUT2D eigenvalue weighted by molar-refractivity contribution is 7.10. The van der Waals surface area contributed by atoms with Gasteiger partial charge >= 0.3 is 0 Å². The molecule has 3 rings (SSSR count). The van der Waals surface area contributed by atoms with Gasteiger partial charge in [-0.3, -0.25) is 4.79 Å². The number of thiophene rings is 1. The summed E-state index contributed by atoms with van der Waals surface area (Å²) in [4.78, 5) is 12.8. The third-order valence-electron chi connectivity index (χ3n) is 3.14. The van der Waals surface area contributed by atoms with E-state index in [1.54, 1.807) is 23.9 Å². The molecule has 0 saturated heterocycles. The molecule has 94 valence electrons. The van der Waals surface area contributed by atoms with Gasteiger partial charge in [0.25, 0.3) is 0 Å². The van der Waals surface area contributed by atoms with E-state index in [-0.39, 0.29) is 5.91 Å². The van der Waals surface area contributed by atoms with Gasteiger partial charge < -0.3 is 9.73 Å². The Morgan fingerprint density at radius 3 is 3.06 bits per heavy atom. The van der Waals surface area contributed by atoms with Gasteiger partial charge in [0.2, 0.25) is 5.91 Å². The molecule has 2 aromatic rings. The average Bonchev–Trinajstić information content (AvgIpc) is 2.87. The van der Waals surface area contributed by atoms with Crippen LogP contribution in [-0.4, -0.2) is 5.91 Å². The maximum absolute atomic E-state index is 11.6. The van der Waals surface area contributed by atoms with Crippen molar-refractivity contribution in [2.45, 2.75) is 25.8 Å². The van der Waals surface area contributed by atoms with Crippen molar-refractivity contribution in [3.63, 3.8) is 0 Å². The summed E-state index contributed by atoms with van der Waals surface area (Å²) in [7, 11) is 0. The van der Waals surface area contributed by atoms with Crippen molar-refractivity contribution >= 4 is 17.2 Å². The standard InChI is InChI=1S/C14H15NO2S/c16-14(5-10-1-2-10)15-7-13-6-12(9-18-13)11-3-4-17-8-11/h3-4,6,8-10H,1-2,5,7H2,(H,15,16). The molecule has 1 aliphatic rings. The van der Waals surface area contributed by atoms with Crippen LogP contribution in [-0.2, 0) is 11.3 Å². The molecule has 1 N–H and O–H groups in total. The Kier molecular flexibility index (Phi) is 3.19. The fraction of sp³-hybridized carbons (Fsp3) is 0.357. The molecule has 1 saturated carbocycles. The van der Waals surface area contributed by atoms with Crippen molar-refractivity contribution in [2.75, 3.05) is 0 Å². The van der Waals surface area contributed by atoms with Crippen LogP contribution in [0.5, 0.6) is 0 Å². The van der Waals surface area contributed by atoms with Crippen LogP contribution in [0.15, 0.2) is 34.5 Å². The maximum Gasteiger partial charge on any atom is 0.220 e. The largest absolute Gasteiger partial charge is 0.472 e. The van der Waals surface area contributed by atoms with Gasteiger partial charge in [0.15, 0.2) is 0 Å². The molecule has 1 amide bonds. The van der Waals surface area contributed by atoms with Crippen LogP contribution in [0.25, 0.3) is 11.1 Å². The van der Waals surface area contributed by atoms with Gasteiger partial charge in [-0.15, -0.1) is 11.3 Å². The molecule has 1 fully saturated rings. The number of amides is 1. The third kappa shape index (κ3) is 2.82. The van der Waals surface area contributed by atoms with Crippen LogP contribution in [0.2, 0.25) is 0 Å². The quantitative estimate of drug-likeness (QED) is 0.896. The summed E-state index contributed by atoms with van der Waals surface area (Å²) in [6.45, 7) is 0.633. The van der Waals surface area contributed by atoms with E-state index in [2.05, 4.69) is 16.8 Å². The van der Waals surface area contributed by atoms with Crippen LogP contribution in [0.4, 0.5) is 0 Å². The van der Waals surface area contributed by atoms with Crippen LogP contribution < -0.4 is 5.32 Å². The molecule has 0 aromatic carbocycles. The summed E-state index contributed by atoms with van der Waals surface area (Å²) < 4.78 is 5.06. The second-order valence-corrected chi connectivity index (χ2v) is 5.73. The normalized spacial score (nSPS) is 14.7. The molecule has 0 aliphatic heterocycles. The SMILES string of the molecule is O=C(CC1CC1)NCc1cc(-c2ccoc2)cs1. The van der Waals surface area contributed by atoms with Gasteiger partial charge in [0.05, 0.1) is 19.1 Å². The van der Waals surface area contributed by atoms with Gasteiger partial charge in [-0.05, 0) is 41.8 Å². The molecule has 0 spiro atoms. The Morgan fingerprint density at radius 1 is 1.44 bits per heavy atom. The first-order valence-electron chi connectivity index (χ1n) is 6.18. The lowest BCUT2D eigenvalue weighted by Gasteiger charge is -2.01. The van der Waals surface area contributed by atoms with Gasteiger partial charge in [0.1, 0.15) is 0 Å². The number of furan rings is 1. The second kappa shape index (κ2) is 4.98. The lowest BCUT2D eigenvalue weighted by Crippen LogP contribution is -2.22. The van der Waals surface area contributed by atoms with E-state index in [1.807, 2.05) is 6.07 Å². The summed E-state index contributed by atoms with van der Waals surface area (Å²) in [5, 5.41) is 5.07. The molecule has 0 atom stereocenters. The van der Waals surface area contributed by atoms with Gasteiger partial charge in [-0.1, -0.05) is 0 Å². The van der Waals surface area contributed by atoms with Crippen molar-refractivity contribution in [3.05, 3.63) is 34.9 Å². The molecule has 0 bridgehead atoms. The number of nitrogens with one attached hydrogen (secondary N) is 1. The smallest absolute Gasteiger partial charge is 0.220 e. The van der Waals surface area contributed by atoms with E-state index in [0.29, 0.717) is 18.9 Å². The number of hydrogen-bond acceptors (Lipinski definition) is 3. The fourth-order valence-electron chi connectivity index (χ4n) is 1.90. The first-order valence-corrected chi connectivity index (χ1v) is 7.06. The van der Waals surface area contributed by atoms with Crippen molar-refractivity contribution in [1.82, 2.24) is 5.32 Å². The van der Waals surface area contributed by atoms with E-state index in [9.17, 15) is 4.79 Å². The van der Waals surface area contributed by atoms with E-state index in [4.69, 9.17) is 4.42 Å². The Bertz CT molecular complexity index is 526. The Labute approximate surface area is 110 Å². The minimum atomic E-state index is 0.177. The first kappa shape index (κ1) is 11.5. The van der Waals surface area contributed by atoms with Crippen molar-refractivity contribution in [2.24, 2.45) is 5.92 Å². The Balaban J connectivity index is 1.55. The van der Waals surface area contributed by atoms with Gasteiger partial charge in [-0.2, -0.15) is 0 Å². The topological polar surface area (TPSA) is 42.2 Å². The van der Waals surface area contributed by atoms with Crippen LogP contribution >= 0.6 is 11.3 Å². The second-order valence-electron chi connectivity index (χ2n) is 4.74. The summed E-state index contributed by atoms with van der Waals surface area (Å²) in [6.07, 6.45) is 6.54. The average molecular weight is 261 g/mol. The van der Waals surface area contributed by atoms with Gasteiger partial charge in [0, 0.05) is 16.9 Å². The number of rotatable bonds is 5. The third-order valence-corrected chi connectivity index (χ3v) is 4.08.